The van der Waals surface area contributed by atoms with Crippen LogP contribution in [0, 0.1) is 11.3 Å². The van der Waals surface area contributed by atoms with Gasteiger partial charge in [-0.3, -0.25) is 33.8 Å². The number of aromatic nitrogens is 2. The number of Topliss-reactive ketones (excluding diaryl/α,β-unsaturated/α-hetero) is 1. The summed E-state index contributed by atoms with van der Waals surface area (Å²) in [7, 11) is 0. The van der Waals surface area contributed by atoms with Gasteiger partial charge in [0.2, 0.25) is 17.6 Å². The Balaban J connectivity index is 1.05. The number of nitrogens with zero attached hydrogens (tertiary/aromatic N) is 5. The maximum atomic E-state index is 15.2. The molecule has 3 heterocycles. The van der Waals surface area contributed by atoms with Gasteiger partial charge in [-0.05, 0) is 73.3 Å². The van der Waals surface area contributed by atoms with Crippen LogP contribution in [0.2, 0.25) is 0 Å². The summed E-state index contributed by atoms with van der Waals surface area (Å²) in [6.45, 7) is 13.4. The van der Waals surface area contributed by atoms with E-state index in [1.807, 2.05) is 58.0 Å². The zero-order valence-corrected chi connectivity index (χ0v) is 41.4. The largest absolute Gasteiger partial charge is 0.488 e. The first kappa shape index (κ1) is 52.0. The highest BCUT2D eigenvalue weighted by molar-refractivity contribution is 6.38. The van der Waals surface area contributed by atoms with Gasteiger partial charge in [0, 0.05) is 62.3 Å². The molecule has 1 aromatic heterocycles. The standard InChI is InChI=1S/C53H69N9O9/c1-6-13-41(45(63)49(66)57-38-20-21-38)56-34(2)43-30-40(71-39-22-18-37(19-23-39)50(67)60-26-28-61(29-27-60)52(69)70-33-35-14-9-7-10-15-35)32-62(43)51(68)46(53(3,4)5)59-48(65)44(36-16-11-8-12-17-36)58-47(64)42-31-54-24-25-55-42/h7,9-10,14-15,18-19,22-25,31,36,38,40-41,43-44,46,56H,2,6,8,11-13,16-17,20-21,26-30,32-33H2,1,3-5H3,(H,57,66)(H,58,64)(H,59,65)/t40-,41+,43+,44+,46-/m1/s1. The van der Waals surface area contributed by atoms with Crippen LogP contribution in [0.15, 0.2) is 85.5 Å². The molecular weight excluding hydrogens is 907 g/mol. The first-order valence-corrected chi connectivity index (χ1v) is 25.1. The van der Waals surface area contributed by atoms with Gasteiger partial charge in [-0.15, -0.1) is 0 Å². The van der Waals surface area contributed by atoms with Crippen molar-refractivity contribution in [1.82, 2.24) is 45.9 Å². The Morgan fingerprint density at radius 3 is 2.15 bits per heavy atom. The highest BCUT2D eigenvalue weighted by Gasteiger charge is 2.46. The predicted octanol–water partition coefficient (Wildman–Crippen LogP) is 4.95. The third kappa shape index (κ3) is 13.9. The van der Waals surface area contributed by atoms with E-state index in [1.165, 1.54) is 18.6 Å². The van der Waals surface area contributed by atoms with Gasteiger partial charge >= 0.3 is 6.09 Å². The maximum absolute atomic E-state index is 15.2. The first-order valence-electron chi connectivity index (χ1n) is 25.1. The number of piperazine rings is 1. The van der Waals surface area contributed by atoms with Gasteiger partial charge in [0.25, 0.3) is 17.7 Å². The second-order valence-corrected chi connectivity index (χ2v) is 20.2. The van der Waals surface area contributed by atoms with Crippen molar-refractivity contribution in [3.63, 3.8) is 0 Å². The first-order chi connectivity index (χ1) is 34.1. The second-order valence-electron chi connectivity index (χ2n) is 20.2. The summed E-state index contributed by atoms with van der Waals surface area (Å²) in [6, 6.07) is 12.5. The van der Waals surface area contributed by atoms with Crippen LogP contribution in [0.5, 0.6) is 5.75 Å². The van der Waals surface area contributed by atoms with E-state index in [0.717, 1.165) is 50.5 Å². The van der Waals surface area contributed by atoms with Crippen LogP contribution >= 0.6 is 0 Å². The molecule has 0 unspecified atom stereocenters. The Morgan fingerprint density at radius 1 is 0.831 bits per heavy atom. The quantitative estimate of drug-likeness (QED) is 0.117. The number of ketones is 1. The van der Waals surface area contributed by atoms with E-state index in [4.69, 9.17) is 9.47 Å². The molecule has 0 spiro atoms. The van der Waals surface area contributed by atoms with Crippen molar-refractivity contribution in [2.75, 3.05) is 32.7 Å². The van der Waals surface area contributed by atoms with Crippen molar-refractivity contribution in [3.8, 4) is 5.75 Å². The van der Waals surface area contributed by atoms with Crippen LogP contribution in [0.3, 0.4) is 0 Å². The number of carbonyl (C=O) groups excluding carboxylic acids is 7. The van der Waals surface area contributed by atoms with E-state index in [-0.39, 0.29) is 43.1 Å². The predicted molar refractivity (Wildman–Crippen MR) is 263 cm³/mol. The molecule has 4 aliphatic rings. The highest BCUT2D eigenvalue weighted by Crippen LogP contribution is 2.32. The molecule has 2 aliphatic heterocycles. The molecule has 4 N–H and O–H groups in total. The van der Waals surface area contributed by atoms with E-state index < -0.39 is 71.2 Å². The van der Waals surface area contributed by atoms with Crippen molar-refractivity contribution in [2.24, 2.45) is 11.3 Å². The number of ether oxygens (including phenoxy) is 2. The van der Waals surface area contributed by atoms with Gasteiger partial charge < -0.3 is 45.4 Å². The van der Waals surface area contributed by atoms with E-state index in [0.29, 0.717) is 56.0 Å². The summed E-state index contributed by atoms with van der Waals surface area (Å²) in [5.74, 6) is -2.62. The number of rotatable bonds is 19. The van der Waals surface area contributed by atoms with E-state index in [1.54, 1.807) is 39.0 Å². The minimum atomic E-state index is -1.08. The summed E-state index contributed by atoms with van der Waals surface area (Å²) < 4.78 is 12.0. The van der Waals surface area contributed by atoms with Crippen LogP contribution in [-0.2, 0) is 30.5 Å². The number of hydrogen-bond donors (Lipinski definition) is 4. The fraction of sp³-hybridized carbons (Fsp3) is 0.528. The molecule has 0 bridgehead atoms. The van der Waals surface area contributed by atoms with Gasteiger partial charge in [0.15, 0.2) is 0 Å². The smallest absolute Gasteiger partial charge is 0.410 e. The van der Waals surface area contributed by atoms with Crippen molar-refractivity contribution in [2.45, 2.75) is 135 Å². The Labute approximate surface area is 416 Å². The highest BCUT2D eigenvalue weighted by atomic mass is 16.6. The number of amides is 6. The van der Waals surface area contributed by atoms with Crippen molar-refractivity contribution in [3.05, 3.63) is 102 Å². The SMILES string of the molecule is C=C(N[C@@H](CCC)C(=O)C(=O)NC1CC1)[C@@H]1C[C@@H](Oc2ccc(C(=O)N3CCN(C(=O)OCc4ccccc4)CC3)cc2)CN1C(=O)[C@@H](NC(=O)[C@@H](NC(=O)c1cnccn1)C1CCCCC1)C(C)(C)C. The van der Waals surface area contributed by atoms with E-state index in [2.05, 4.69) is 37.8 Å². The maximum Gasteiger partial charge on any atom is 0.410 e. The number of nitrogens with one attached hydrogen (secondary N) is 4. The molecular formula is C53H69N9O9. The molecule has 7 rings (SSSR count). The fourth-order valence-electron chi connectivity index (χ4n) is 9.47. The van der Waals surface area contributed by atoms with Crippen molar-refractivity contribution < 1.29 is 43.0 Å². The average molecular weight is 976 g/mol. The number of benzene rings is 2. The van der Waals surface area contributed by atoms with Gasteiger partial charge in [-0.25, -0.2) is 9.78 Å². The van der Waals surface area contributed by atoms with Crippen LogP contribution in [0.4, 0.5) is 4.79 Å². The molecule has 380 valence electrons. The molecule has 2 saturated heterocycles. The Hall–Kier alpha value is -6.85. The van der Waals surface area contributed by atoms with Gasteiger partial charge in [-0.1, -0.05) is 90.3 Å². The van der Waals surface area contributed by atoms with E-state index >= 15 is 4.79 Å². The third-order valence-corrected chi connectivity index (χ3v) is 13.7. The lowest BCUT2D eigenvalue weighted by Crippen LogP contribution is -2.61. The lowest BCUT2D eigenvalue weighted by molar-refractivity contribution is -0.141. The fourth-order valence-corrected chi connectivity index (χ4v) is 9.47. The molecule has 3 aromatic rings. The molecule has 6 amide bonds. The molecule has 0 radical (unpaired) electrons. The summed E-state index contributed by atoms with van der Waals surface area (Å²) in [6.07, 6.45) is 10.3. The molecule has 2 aliphatic carbocycles. The molecule has 71 heavy (non-hydrogen) atoms. The lowest BCUT2D eigenvalue weighted by Gasteiger charge is -2.38. The molecule has 18 nitrogen and oxygen atoms in total. The lowest BCUT2D eigenvalue weighted by atomic mass is 9.82. The monoisotopic (exact) mass is 976 g/mol. The Kier molecular flexibility index (Phi) is 17.5. The molecule has 4 fully saturated rings. The van der Waals surface area contributed by atoms with Gasteiger partial charge in [0.1, 0.15) is 36.2 Å². The Morgan fingerprint density at radius 2 is 1.52 bits per heavy atom. The minimum absolute atomic E-state index is 0.00807. The number of carbonyl (C=O) groups is 7. The number of hydrogen-bond acceptors (Lipinski definition) is 12. The van der Waals surface area contributed by atoms with Crippen LogP contribution < -0.4 is 26.0 Å². The van der Waals surface area contributed by atoms with E-state index in [9.17, 15) is 28.8 Å². The molecule has 5 atom stereocenters. The molecule has 2 saturated carbocycles. The summed E-state index contributed by atoms with van der Waals surface area (Å²) in [4.78, 5) is 109. The van der Waals surface area contributed by atoms with Crippen LogP contribution in [0.1, 0.15) is 118 Å². The van der Waals surface area contributed by atoms with Gasteiger partial charge in [0.05, 0.1) is 24.8 Å². The zero-order chi connectivity index (χ0) is 50.7. The summed E-state index contributed by atoms with van der Waals surface area (Å²) in [5.41, 5.74) is 0.926. The zero-order valence-electron chi connectivity index (χ0n) is 41.4. The number of likely N-dealkylation sites (tertiary alicyclic amines) is 1. The summed E-state index contributed by atoms with van der Waals surface area (Å²) in [5, 5.41) is 12.0. The van der Waals surface area contributed by atoms with Gasteiger partial charge in [-0.2, -0.15) is 0 Å². The van der Waals surface area contributed by atoms with Crippen LogP contribution in [-0.4, -0.2) is 135 Å². The van der Waals surface area contributed by atoms with Crippen molar-refractivity contribution >= 4 is 41.4 Å². The molecule has 2 aromatic carbocycles. The molecule has 18 heteroatoms. The minimum Gasteiger partial charge on any atom is -0.488 e. The topological polar surface area (TPSA) is 222 Å². The second kappa shape index (κ2) is 23.8. The van der Waals surface area contributed by atoms with Crippen molar-refractivity contribution in [1.29, 1.82) is 0 Å². The normalized spacial score (nSPS) is 19.6. The summed E-state index contributed by atoms with van der Waals surface area (Å²) >= 11 is 0. The van der Waals surface area contributed by atoms with Crippen LogP contribution in [0.25, 0.3) is 0 Å². The third-order valence-electron chi connectivity index (χ3n) is 13.7. The average Bonchev–Trinajstić information content (AvgIpc) is 4.10. The Bertz CT molecular complexity index is 2360.